The number of hydrogen-bond acceptors (Lipinski definition) is 2. The zero-order chi connectivity index (χ0) is 17.8. The van der Waals surface area contributed by atoms with Crippen LogP contribution >= 0.6 is 0 Å². The van der Waals surface area contributed by atoms with Crippen molar-refractivity contribution in [3.63, 3.8) is 0 Å². The number of fused-ring (bicyclic) bond motifs is 5. The first-order valence-corrected chi connectivity index (χ1v) is 9.14. The SMILES string of the molecule is Cn1ccc2ccc(C(=O)N3C[C@@H]4C[C@H](C3)c3cccc(=O)n3C4)cc21. The van der Waals surface area contributed by atoms with E-state index in [1.54, 1.807) is 6.07 Å². The third-order valence-electron chi connectivity index (χ3n) is 5.90. The van der Waals surface area contributed by atoms with Gasteiger partial charge in [-0.15, -0.1) is 0 Å². The fraction of sp³-hybridized carbons (Fsp3) is 0.333. The van der Waals surface area contributed by atoms with Crippen LogP contribution in [0.15, 0.2) is 53.5 Å². The highest BCUT2D eigenvalue weighted by molar-refractivity contribution is 5.98. The highest BCUT2D eigenvalue weighted by Gasteiger charge is 2.36. The Bertz CT molecular complexity index is 1080. The first kappa shape index (κ1) is 15.4. The van der Waals surface area contributed by atoms with E-state index in [-0.39, 0.29) is 17.4 Å². The molecule has 5 heteroatoms. The highest BCUT2D eigenvalue weighted by atomic mass is 16.2. The quantitative estimate of drug-likeness (QED) is 0.679. The van der Waals surface area contributed by atoms with Crippen LogP contribution in [0.25, 0.3) is 10.9 Å². The molecule has 0 N–H and O–H groups in total. The Balaban J connectivity index is 1.47. The Morgan fingerprint density at radius 1 is 1.08 bits per heavy atom. The van der Waals surface area contributed by atoms with E-state index in [2.05, 4.69) is 6.07 Å². The summed E-state index contributed by atoms with van der Waals surface area (Å²) in [6, 6.07) is 13.5. The van der Waals surface area contributed by atoms with E-state index >= 15 is 0 Å². The maximum Gasteiger partial charge on any atom is 0.253 e. The first-order chi connectivity index (χ1) is 12.6. The molecule has 5 nitrogen and oxygen atoms in total. The Labute approximate surface area is 151 Å². The Morgan fingerprint density at radius 2 is 1.96 bits per heavy atom. The number of pyridine rings is 1. The molecule has 0 saturated carbocycles. The number of likely N-dealkylation sites (tertiary alicyclic amines) is 1. The van der Waals surface area contributed by atoms with Crippen LogP contribution in [0.1, 0.15) is 28.4 Å². The lowest BCUT2D eigenvalue weighted by atomic mass is 9.83. The van der Waals surface area contributed by atoms with Gasteiger partial charge in [0.1, 0.15) is 0 Å². The molecule has 2 bridgehead atoms. The van der Waals surface area contributed by atoms with Gasteiger partial charge in [0, 0.05) is 61.6 Å². The summed E-state index contributed by atoms with van der Waals surface area (Å²) >= 11 is 0. The van der Waals surface area contributed by atoms with Crippen molar-refractivity contribution in [3.05, 3.63) is 70.3 Å². The summed E-state index contributed by atoms with van der Waals surface area (Å²) in [5.41, 5.74) is 2.96. The van der Waals surface area contributed by atoms with Crippen molar-refractivity contribution in [1.29, 1.82) is 0 Å². The summed E-state index contributed by atoms with van der Waals surface area (Å²) in [6.07, 6.45) is 3.07. The molecule has 1 aromatic carbocycles. The Morgan fingerprint density at radius 3 is 2.85 bits per heavy atom. The maximum absolute atomic E-state index is 13.1. The third kappa shape index (κ3) is 2.30. The molecule has 2 aliphatic rings. The van der Waals surface area contributed by atoms with Gasteiger partial charge in [0.2, 0.25) is 0 Å². The molecule has 2 aromatic heterocycles. The molecule has 0 aliphatic carbocycles. The summed E-state index contributed by atoms with van der Waals surface area (Å²) in [5, 5.41) is 1.15. The number of benzene rings is 1. The fourth-order valence-corrected chi connectivity index (χ4v) is 4.64. The van der Waals surface area contributed by atoms with Crippen molar-refractivity contribution >= 4 is 16.8 Å². The van der Waals surface area contributed by atoms with Gasteiger partial charge in [-0.3, -0.25) is 9.59 Å². The molecule has 1 fully saturated rings. The zero-order valence-corrected chi connectivity index (χ0v) is 14.8. The number of nitrogens with zero attached hydrogens (tertiary/aromatic N) is 3. The molecular weight excluding hydrogens is 326 g/mol. The lowest BCUT2D eigenvalue weighted by molar-refractivity contribution is 0.0594. The highest BCUT2D eigenvalue weighted by Crippen LogP contribution is 2.35. The molecule has 1 saturated heterocycles. The lowest BCUT2D eigenvalue weighted by Crippen LogP contribution is -2.49. The number of aromatic nitrogens is 2. The molecule has 26 heavy (non-hydrogen) atoms. The molecule has 0 radical (unpaired) electrons. The van der Waals surface area contributed by atoms with E-state index in [9.17, 15) is 9.59 Å². The van der Waals surface area contributed by atoms with E-state index in [0.29, 0.717) is 19.0 Å². The minimum atomic E-state index is 0.0751. The van der Waals surface area contributed by atoms with Gasteiger partial charge >= 0.3 is 0 Å². The van der Waals surface area contributed by atoms with Crippen LogP contribution in [0, 0.1) is 5.92 Å². The maximum atomic E-state index is 13.1. The predicted octanol–water partition coefficient (Wildman–Crippen LogP) is 2.60. The monoisotopic (exact) mass is 347 g/mol. The summed E-state index contributed by atoms with van der Waals surface area (Å²) in [5.74, 6) is 0.692. The van der Waals surface area contributed by atoms with Gasteiger partial charge in [0.15, 0.2) is 0 Å². The van der Waals surface area contributed by atoms with Gasteiger partial charge in [-0.05, 0) is 42.0 Å². The van der Waals surface area contributed by atoms with Crippen LogP contribution in [-0.4, -0.2) is 33.0 Å². The van der Waals surface area contributed by atoms with Gasteiger partial charge in [-0.1, -0.05) is 12.1 Å². The topological polar surface area (TPSA) is 47.2 Å². The molecule has 132 valence electrons. The number of piperidine rings is 1. The molecule has 2 aliphatic heterocycles. The number of rotatable bonds is 1. The molecule has 2 atom stereocenters. The predicted molar refractivity (Wildman–Crippen MR) is 100 cm³/mol. The van der Waals surface area contributed by atoms with Gasteiger partial charge in [0.25, 0.3) is 11.5 Å². The normalized spacial score (nSPS) is 21.7. The van der Waals surface area contributed by atoms with E-state index in [4.69, 9.17) is 0 Å². The van der Waals surface area contributed by atoms with E-state index in [1.165, 1.54) is 0 Å². The fourth-order valence-electron chi connectivity index (χ4n) is 4.64. The molecule has 4 heterocycles. The molecule has 3 aromatic rings. The summed E-state index contributed by atoms with van der Waals surface area (Å²) in [4.78, 5) is 27.3. The standard InChI is InChI=1S/C21H21N3O2/c1-22-8-7-15-5-6-16(10-19(15)22)21(26)23-11-14-9-17(13-23)18-3-2-4-20(25)24(18)12-14/h2-8,10,14,17H,9,11-13H2,1H3/t14-,17+/m0/s1. The van der Waals surface area contributed by atoms with Crippen LogP contribution in [0.2, 0.25) is 0 Å². The second-order valence-electron chi connectivity index (χ2n) is 7.61. The molecular formula is C21H21N3O2. The van der Waals surface area contributed by atoms with Gasteiger partial charge in [-0.2, -0.15) is 0 Å². The number of carbonyl (C=O) groups is 1. The second kappa shape index (κ2) is 5.59. The summed E-state index contributed by atoms with van der Waals surface area (Å²) < 4.78 is 3.94. The summed E-state index contributed by atoms with van der Waals surface area (Å²) in [6.45, 7) is 2.12. The van der Waals surface area contributed by atoms with Crippen molar-refractivity contribution < 1.29 is 4.79 Å². The molecule has 5 rings (SSSR count). The van der Waals surface area contributed by atoms with E-state index < -0.39 is 0 Å². The molecule has 0 spiro atoms. The van der Waals surface area contributed by atoms with Gasteiger partial charge in [0.05, 0.1) is 0 Å². The number of aryl methyl sites for hydroxylation is 1. The Kier molecular flexibility index (Phi) is 3.32. The van der Waals surface area contributed by atoms with Crippen LogP contribution in [0.3, 0.4) is 0 Å². The van der Waals surface area contributed by atoms with Crippen molar-refractivity contribution in [2.24, 2.45) is 13.0 Å². The van der Waals surface area contributed by atoms with Gasteiger partial charge in [-0.25, -0.2) is 0 Å². The lowest BCUT2D eigenvalue weighted by Gasteiger charge is -2.42. The van der Waals surface area contributed by atoms with Crippen LogP contribution < -0.4 is 5.56 Å². The average molecular weight is 347 g/mol. The first-order valence-electron chi connectivity index (χ1n) is 9.14. The van der Waals surface area contributed by atoms with Crippen LogP contribution in [0.4, 0.5) is 0 Å². The smallest absolute Gasteiger partial charge is 0.253 e. The number of hydrogen-bond donors (Lipinski definition) is 0. The minimum absolute atomic E-state index is 0.0751. The zero-order valence-electron chi connectivity index (χ0n) is 14.8. The molecule has 0 unspecified atom stereocenters. The molecule has 1 amide bonds. The van der Waals surface area contributed by atoms with E-state index in [1.807, 2.05) is 57.6 Å². The average Bonchev–Trinajstić information content (AvgIpc) is 3.02. The summed E-state index contributed by atoms with van der Waals surface area (Å²) in [7, 11) is 2.00. The largest absolute Gasteiger partial charge is 0.351 e. The van der Waals surface area contributed by atoms with Crippen LogP contribution in [-0.2, 0) is 13.6 Å². The van der Waals surface area contributed by atoms with Crippen molar-refractivity contribution in [1.82, 2.24) is 14.0 Å². The second-order valence-corrected chi connectivity index (χ2v) is 7.61. The number of carbonyl (C=O) groups excluding carboxylic acids is 1. The van der Waals surface area contributed by atoms with Crippen LogP contribution in [0.5, 0.6) is 0 Å². The number of amides is 1. The van der Waals surface area contributed by atoms with Crippen molar-refractivity contribution in [2.75, 3.05) is 13.1 Å². The van der Waals surface area contributed by atoms with Gasteiger partial charge < -0.3 is 14.0 Å². The van der Waals surface area contributed by atoms with E-state index in [0.717, 1.165) is 35.1 Å². The minimum Gasteiger partial charge on any atom is -0.351 e. The third-order valence-corrected chi connectivity index (χ3v) is 5.90. The van der Waals surface area contributed by atoms with Crippen molar-refractivity contribution in [2.45, 2.75) is 18.9 Å². The van der Waals surface area contributed by atoms with Crippen molar-refractivity contribution in [3.8, 4) is 0 Å². The Hall–Kier alpha value is -2.82.